The Kier molecular flexibility index (Phi) is 4.59. The highest BCUT2D eigenvalue weighted by Gasteiger charge is 2.42. The number of nitrogens with one attached hydrogen (secondary N) is 1. The molecule has 1 aliphatic heterocycles. The maximum atomic E-state index is 11.8. The van der Waals surface area contributed by atoms with Gasteiger partial charge in [-0.15, -0.1) is 0 Å². The van der Waals surface area contributed by atoms with Gasteiger partial charge in [0.25, 0.3) is 0 Å². The van der Waals surface area contributed by atoms with Gasteiger partial charge in [-0.1, -0.05) is 6.92 Å². The fraction of sp³-hybridized carbons (Fsp3) is 0.882. The number of hydrogen-bond donors (Lipinski definition) is 1. The molecule has 3 fully saturated rings. The van der Waals surface area contributed by atoms with Crippen LogP contribution in [0.5, 0.6) is 0 Å². The lowest BCUT2D eigenvalue weighted by molar-refractivity contribution is -0.145. The maximum absolute atomic E-state index is 11.8. The van der Waals surface area contributed by atoms with Gasteiger partial charge in [-0.25, -0.2) is 0 Å². The van der Waals surface area contributed by atoms with Crippen molar-refractivity contribution in [3.8, 4) is 0 Å². The Morgan fingerprint density at radius 2 is 1.91 bits per heavy atom. The number of nitrogens with zero attached hydrogens (tertiary/aromatic N) is 2. The molecule has 1 saturated heterocycles. The van der Waals surface area contributed by atoms with Gasteiger partial charge in [-0.3, -0.25) is 9.79 Å². The average Bonchev–Trinajstić information content (AvgIpc) is 3.42. The second-order valence-electron chi connectivity index (χ2n) is 7.28. The minimum atomic E-state index is -0.0979. The van der Waals surface area contributed by atoms with Crippen LogP contribution >= 0.6 is 0 Å². The number of rotatable bonds is 5. The van der Waals surface area contributed by atoms with Gasteiger partial charge in [-0.05, 0) is 49.4 Å². The van der Waals surface area contributed by atoms with Crippen molar-refractivity contribution in [2.75, 3.05) is 33.8 Å². The number of likely N-dealkylation sites (tertiary alicyclic amines) is 1. The number of aliphatic imine (C=N–C) groups is 1. The van der Waals surface area contributed by atoms with Crippen molar-refractivity contribution in [1.82, 2.24) is 10.2 Å². The Morgan fingerprint density at radius 3 is 2.41 bits per heavy atom. The van der Waals surface area contributed by atoms with Gasteiger partial charge < -0.3 is 15.0 Å². The Balaban J connectivity index is 1.54. The summed E-state index contributed by atoms with van der Waals surface area (Å²) >= 11 is 0. The summed E-state index contributed by atoms with van der Waals surface area (Å²) in [4.78, 5) is 18.5. The minimum Gasteiger partial charge on any atom is -0.469 e. The zero-order valence-corrected chi connectivity index (χ0v) is 14.0. The second kappa shape index (κ2) is 6.47. The summed E-state index contributed by atoms with van der Waals surface area (Å²) in [6.45, 7) is 4.74. The summed E-state index contributed by atoms with van der Waals surface area (Å²) in [6, 6.07) is 0. The smallest absolute Gasteiger partial charge is 0.310 e. The standard InChI is InChI=1S/C17H29N3O2/c1-11-9-20(10-15(11)16(21)22-3)17(18-2)19-8-14(12-4-5-12)13-6-7-13/h11-15H,4-10H2,1-3H3,(H,18,19). The van der Waals surface area contributed by atoms with Crippen LogP contribution in [-0.4, -0.2) is 50.6 Å². The van der Waals surface area contributed by atoms with Gasteiger partial charge >= 0.3 is 5.97 Å². The molecule has 5 nitrogen and oxygen atoms in total. The molecular weight excluding hydrogens is 278 g/mol. The molecule has 1 heterocycles. The number of methoxy groups -OCH3 is 1. The van der Waals surface area contributed by atoms with Gasteiger partial charge in [0, 0.05) is 26.7 Å². The molecule has 0 bridgehead atoms. The first-order chi connectivity index (χ1) is 10.6. The van der Waals surface area contributed by atoms with Crippen molar-refractivity contribution in [3.05, 3.63) is 0 Å². The summed E-state index contributed by atoms with van der Waals surface area (Å²) in [5, 5.41) is 3.58. The van der Waals surface area contributed by atoms with E-state index < -0.39 is 0 Å². The molecule has 22 heavy (non-hydrogen) atoms. The lowest BCUT2D eigenvalue weighted by Crippen LogP contribution is -2.43. The molecule has 0 spiro atoms. The summed E-state index contributed by atoms with van der Waals surface area (Å²) in [5.41, 5.74) is 0. The number of hydrogen-bond acceptors (Lipinski definition) is 3. The molecule has 2 atom stereocenters. The normalized spacial score (nSPS) is 29.1. The Bertz CT molecular complexity index is 431. The highest BCUT2D eigenvalue weighted by molar-refractivity contribution is 5.82. The van der Waals surface area contributed by atoms with E-state index in [0.29, 0.717) is 12.5 Å². The molecule has 0 aromatic rings. The molecule has 3 rings (SSSR count). The van der Waals surface area contributed by atoms with E-state index in [-0.39, 0.29) is 11.9 Å². The van der Waals surface area contributed by atoms with Crippen LogP contribution in [0.3, 0.4) is 0 Å². The van der Waals surface area contributed by atoms with Crippen LogP contribution < -0.4 is 5.32 Å². The number of esters is 1. The van der Waals surface area contributed by atoms with Gasteiger partial charge in [0.05, 0.1) is 13.0 Å². The summed E-state index contributed by atoms with van der Waals surface area (Å²) in [6.07, 6.45) is 5.64. The van der Waals surface area contributed by atoms with Crippen LogP contribution in [0.15, 0.2) is 4.99 Å². The molecule has 0 amide bonds. The van der Waals surface area contributed by atoms with Gasteiger partial charge in [0.15, 0.2) is 5.96 Å². The van der Waals surface area contributed by atoms with E-state index in [0.717, 1.165) is 36.8 Å². The third-order valence-electron chi connectivity index (χ3n) is 5.58. The average molecular weight is 307 g/mol. The molecule has 5 heteroatoms. The van der Waals surface area contributed by atoms with Crippen molar-refractivity contribution in [1.29, 1.82) is 0 Å². The van der Waals surface area contributed by atoms with Crippen LogP contribution in [0.2, 0.25) is 0 Å². The van der Waals surface area contributed by atoms with Gasteiger partial charge in [0.1, 0.15) is 0 Å². The Morgan fingerprint density at radius 1 is 1.27 bits per heavy atom. The molecule has 2 unspecified atom stereocenters. The van der Waals surface area contributed by atoms with Gasteiger partial charge in [-0.2, -0.15) is 0 Å². The van der Waals surface area contributed by atoms with Crippen molar-refractivity contribution in [2.45, 2.75) is 32.6 Å². The first-order valence-corrected chi connectivity index (χ1v) is 8.67. The third-order valence-corrected chi connectivity index (χ3v) is 5.58. The van der Waals surface area contributed by atoms with E-state index in [1.807, 2.05) is 7.05 Å². The van der Waals surface area contributed by atoms with E-state index in [9.17, 15) is 4.79 Å². The predicted octanol–water partition coefficient (Wildman–Crippen LogP) is 1.74. The molecule has 1 N–H and O–H groups in total. The Hall–Kier alpha value is -1.26. The monoisotopic (exact) mass is 307 g/mol. The maximum Gasteiger partial charge on any atom is 0.310 e. The first-order valence-electron chi connectivity index (χ1n) is 8.67. The first kappa shape index (κ1) is 15.6. The highest BCUT2D eigenvalue weighted by atomic mass is 16.5. The number of ether oxygens (including phenoxy) is 1. The van der Waals surface area contributed by atoms with Gasteiger partial charge in [0.2, 0.25) is 0 Å². The highest BCUT2D eigenvalue weighted by Crippen LogP contribution is 2.48. The molecule has 2 aliphatic carbocycles. The number of carbonyl (C=O) groups is 1. The van der Waals surface area contributed by atoms with Crippen LogP contribution in [0, 0.1) is 29.6 Å². The lowest BCUT2D eigenvalue weighted by atomic mass is 9.98. The molecule has 124 valence electrons. The molecule has 2 saturated carbocycles. The number of carbonyl (C=O) groups excluding carboxylic acids is 1. The molecule has 0 aromatic heterocycles. The van der Waals surface area contributed by atoms with E-state index >= 15 is 0 Å². The quantitative estimate of drug-likeness (QED) is 0.477. The van der Waals surface area contributed by atoms with Crippen LogP contribution in [0.1, 0.15) is 32.6 Å². The third kappa shape index (κ3) is 3.39. The molecule has 0 aromatic carbocycles. The van der Waals surface area contributed by atoms with Crippen LogP contribution in [0.4, 0.5) is 0 Å². The summed E-state index contributed by atoms with van der Waals surface area (Å²) < 4.78 is 4.92. The minimum absolute atomic E-state index is 0.0359. The van der Waals surface area contributed by atoms with Crippen LogP contribution in [0.25, 0.3) is 0 Å². The van der Waals surface area contributed by atoms with E-state index in [4.69, 9.17) is 4.74 Å². The Labute approximate surface area is 133 Å². The van der Waals surface area contributed by atoms with E-state index in [1.165, 1.54) is 32.8 Å². The van der Waals surface area contributed by atoms with Crippen molar-refractivity contribution in [2.24, 2.45) is 34.6 Å². The number of guanidine groups is 1. The fourth-order valence-corrected chi connectivity index (χ4v) is 3.91. The molecular formula is C17H29N3O2. The van der Waals surface area contributed by atoms with E-state index in [2.05, 4.69) is 22.1 Å². The summed E-state index contributed by atoms with van der Waals surface area (Å²) in [7, 11) is 3.31. The molecule has 3 aliphatic rings. The fourth-order valence-electron chi connectivity index (χ4n) is 3.91. The largest absolute Gasteiger partial charge is 0.469 e. The second-order valence-corrected chi connectivity index (χ2v) is 7.28. The van der Waals surface area contributed by atoms with Crippen molar-refractivity contribution < 1.29 is 9.53 Å². The topological polar surface area (TPSA) is 53.9 Å². The predicted molar refractivity (Wildman–Crippen MR) is 86.5 cm³/mol. The van der Waals surface area contributed by atoms with Crippen molar-refractivity contribution in [3.63, 3.8) is 0 Å². The van der Waals surface area contributed by atoms with E-state index in [1.54, 1.807) is 0 Å². The zero-order chi connectivity index (χ0) is 15.7. The van der Waals surface area contributed by atoms with Crippen molar-refractivity contribution >= 4 is 11.9 Å². The van der Waals surface area contributed by atoms with Crippen LogP contribution in [-0.2, 0) is 9.53 Å². The SMILES string of the molecule is CN=C(NCC(C1CC1)C1CC1)N1CC(C)C(C(=O)OC)C1. The summed E-state index contributed by atoms with van der Waals surface area (Å²) in [5.74, 6) is 3.84. The zero-order valence-electron chi connectivity index (χ0n) is 14.0. The lowest BCUT2D eigenvalue weighted by Gasteiger charge is -2.24. The molecule has 0 radical (unpaired) electrons.